The van der Waals surface area contributed by atoms with Crippen LogP contribution in [0.2, 0.25) is 0 Å². The minimum absolute atomic E-state index is 0.241. The molecule has 0 spiro atoms. The van der Waals surface area contributed by atoms with Gasteiger partial charge < -0.3 is 10.4 Å². The van der Waals surface area contributed by atoms with E-state index in [2.05, 4.69) is 33.4 Å². The van der Waals surface area contributed by atoms with Crippen molar-refractivity contribution in [1.82, 2.24) is 5.32 Å². The van der Waals surface area contributed by atoms with Crippen LogP contribution < -0.4 is 5.32 Å². The highest BCUT2D eigenvalue weighted by atomic mass is 79.9. The van der Waals surface area contributed by atoms with E-state index in [9.17, 15) is 0 Å². The summed E-state index contributed by atoms with van der Waals surface area (Å²) in [6.45, 7) is 0.241. The van der Waals surface area contributed by atoms with E-state index < -0.39 is 0 Å². The van der Waals surface area contributed by atoms with E-state index in [1.165, 1.54) is 5.56 Å². The lowest BCUT2D eigenvalue weighted by molar-refractivity contribution is 0.251. The highest BCUT2D eigenvalue weighted by Crippen LogP contribution is 2.27. The molecule has 2 unspecified atom stereocenters. The molecule has 14 heavy (non-hydrogen) atoms. The Kier molecular flexibility index (Phi) is 3.21. The van der Waals surface area contributed by atoms with Crippen LogP contribution in [0, 0.1) is 0 Å². The fourth-order valence-corrected chi connectivity index (χ4v) is 2.37. The van der Waals surface area contributed by atoms with Gasteiger partial charge in [-0.05, 0) is 30.5 Å². The maximum atomic E-state index is 9.01. The molecule has 0 aromatic heterocycles. The Morgan fingerprint density at radius 1 is 1.43 bits per heavy atom. The van der Waals surface area contributed by atoms with Crippen LogP contribution in [-0.2, 0) is 0 Å². The summed E-state index contributed by atoms with van der Waals surface area (Å²) < 4.78 is 1.12. The van der Waals surface area contributed by atoms with Gasteiger partial charge in [0.05, 0.1) is 6.61 Å². The molecule has 3 heteroatoms. The standard InChI is InChI=1S/C11H14BrNO/c12-9-3-1-2-8(6-9)11-5-4-10(7-14)13-11/h1-3,6,10-11,13-14H,4-5,7H2. The first-order valence-electron chi connectivity index (χ1n) is 4.92. The molecule has 1 aromatic carbocycles. The number of aliphatic hydroxyl groups excluding tert-OH is 1. The molecule has 2 N–H and O–H groups in total. The van der Waals surface area contributed by atoms with Gasteiger partial charge in [-0.3, -0.25) is 0 Å². The fraction of sp³-hybridized carbons (Fsp3) is 0.455. The minimum atomic E-state index is 0.241. The summed E-state index contributed by atoms with van der Waals surface area (Å²) in [5, 5.41) is 12.4. The molecule has 1 aromatic rings. The van der Waals surface area contributed by atoms with E-state index in [1.54, 1.807) is 0 Å². The maximum Gasteiger partial charge on any atom is 0.0584 e. The van der Waals surface area contributed by atoms with Gasteiger partial charge in [-0.1, -0.05) is 28.1 Å². The molecule has 0 amide bonds. The van der Waals surface area contributed by atoms with Gasteiger partial charge in [-0.2, -0.15) is 0 Å². The molecule has 1 aliphatic heterocycles. The lowest BCUT2D eigenvalue weighted by Gasteiger charge is -2.13. The molecule has 1 fully saturated rings. The summed E-state index contributed by atoms with van der Waals surface area (Å²) in [5.74, 6) is 0. The molecule has 1 heterocycles. The lowest BCUT2D eigenvalue weighted by Crippen LogP contribution is -2.27. The van der Waals surface area contributed by atoms with Gasteiger partial charge in [0.15, 0.2) is 0 Å². The van der Waals surface area contributed by atoms with Gasteiger partial charge in [0, 0.05) is 16.6 Å². The van der Waals surface area contributed by atoms with Crippen molar-refractivity contribution in [3.63, 3.8) is 0 Å². The first-order chi connectivity index (χ1) is 6.79. The van der Waals surface area contributed by atoms with Gasteiger partial charge in [0.1, 0.15) is 0 Å². The Morgan fingerprint density at radius 2 is 2.29 bits per heavy atom. The fourth-order valence-electron chi connectivity index (χ4n) is 1.95. The summed E-state index contributed by atoms with van der Waals surface area (Å²) >= 11 is 3.46. The number of rotatable bonds is 2. The highest BCUT2D eigenvalue weighted by Gasteiger charge is 2.23. The number of nitrogens with one attached hydrogen (secondary N) is 1. The topological polar surface area (TPSA) is 32.3 Å². The largest absolute Gasteiger partial charge is 0.395 e. The number of aliphatic hydroxyl groups is 1. The zero-order valence-electron chi connectivity index (χ0n) is 7.91. The lowest BCUT2D eigenvalue weighted by atomic mass is 10.1. The van der Waals surface area contributed by atoms with Crippen LogP contribution in [0.25, 0.3) is 0 Å². The number of hydrogen-bond donors (Lipinski definition) is 2. The van der Waals surface area contributed by atoms with E-state index in [-0.39, 0.29) is 12.6 Å². The van der Waals surface area contributed by atoms with Crippen molar-refractivity contribution < 1.29 is 5.11 Å². The van der Waals surface area contributed by atoms with Crippen LogP contribution in [0.5, 0.6) is 0 Å². The zero-order valence-corrected chi connectivity index (χ0v) is 9.50. The molecule has 1 saturated heterocycles. The van der Waals surface area contributed by atoms with Crippen LogP contribution in [-0.4, -0.2) is 17.8 Å². The van der Waals surface area contributed by atoms with E-state index in [4.69, 9.17) is 5.11 Å². The minimum Gasteiger partial charge on any atom is -0.395 e. The third-order valence-corrected chi connectivity index (χ3v) is 3.21. The molecule has 76 valence electrons. The van der Waals surface area contributed by atoms with Crippen molar-refractivity contribution in [2.75, 3.05) is 6.61 Å². The van der Waals surface area contributed by atoms with Crippen molar-refractivity contribution in [2.45, 2.75) is 24.9 Å². The molecule has 1 aliphatic rings. The second kappa shape index (κ2) is 4.43. The van der Waals surface area contributed by atoms with Gasteiger partial charge in [0.25, 0.3) is 0 Å². The molecular formula is C11H14BrNO. The summed E-state index contributed by atoms with van der Waals surface area (Å²) in [7, 11) is 0. The summed E-state index contributed by atoms with van der Waals surface area (Å²) in [6.07, 6.45) is 2.18. The Balaban J connectivity index is 2.09. The van der Waals surface area contributed by atoms with Crippen molar-refractivity contribution in [1.29, 1.82) is 0 Å². The molecule has 0 saturated carbocycles. The Bertz CT molecular complexity index is 316. The first-order valence-corrected chi connectivity index (χ1v) is 5.71. The smallest absolute Gasteiger partial charge is 0.0584 e. The molecule has 0 radical (unpaired) electrons. The Hall–Kier alpha value is -0.380. The van der Waals surface area contributed by atoms with Crippen LogP contribution in [0.15, 0.2) is 28.7 Å². The predicted octanol–water partition coefficient (Wildman–Crippen LogP) is 2.23. The third-order valence-electron chi connectivity index (χ3n) is 2.71. The number of halogens is 1. The normalized spacial score (nSPS) is 26.7. The van der Waals surface area contributed by atoms with Gasteiger partial charge in [-0.25, -0.2) is 0 Å². The first kappa shape index (κ1) is 10.1. The maximum absolute atomic E-state index is 9.01. The predicted molar refractivity (Wildman–Crippen MR) is 60.1 cm³/mol. The van der Waals surface area contributed by atoms with Crippen molar-refractivity contribution in [2.24, 2.45) is 0 Å². The molecule has 2 rings (SSSR count). The number of benzene rings is 1. The van der Waals surface area contributed by atoms with Crippen LogP contribution in [0.3, 0.4) is 0 Å². The molecule has 2 nitrogen and oxygen atoms in total. The molecule has 0 bridgehead atoms. The van der Waals surface area contributed by atoms with Crippen LogP contribution in [0.4, 0.5) is 0 Å². The van der Waals surface area contributed by atoms with Crippen molar-refractivity contribution in [3.8, 4) is 0 Å². The molecular weight excluding hydrogens is 242 g/mol. The van der Waals surface area contributed by atoms with Gasteiger partial charge in [0.2, 0.25) is 0 Å². The van der Waals surface area contributed by atoms with E-state index in [1.807, 2.05) is 12.1 Å². The van der Waals surface area contributed by atoms with Crippen molar-refractivity contribution >= 4 is 15.9 Å². The van der Waals surface area contributed by atoms with E-state index in [0.717, 1.165) is 17.3 Å². The number of hydrogen-bond acceptors (Lipinski definition) is 2. The van der Waals surface area contributed by atoms with E-state index >= 15 is 0 Å². The highest BCUT2D eigenvalue weighted by molar-refractivity contribution is 9.10. The molecule has 2 atom stereocenters. The Labute approximate surface area is 92.5 Å². The van der Waals surface area contributed by atoms with Crippen LogP contribution in [0.1, 0.15) is 24.4 Å². The second-order valence-corrected chi connectivity index (χ2v) is 4.65. The van der Waals surface area contributed by atoms with E-state index in [0.29, 0.717) is 6.04 Å². The van der Waals surface area contributed by atoms with Gasteiger partial charge in [-0.15, -0.1) is 0 Å². The summed E-state index contributed by atoms with van der Waals surface area (Å²) in [5.41, 5.74) is 1.30. The summed E-state index contributed by atoms with van der Waals surface area (Å²) in [6, 6.07) is 9.03. The SMILES string of the molecule is OCC1CCC(c2cccc(Br)c2)N1. The average molecular weight is 256 g/mol. The quantitative estimate of drug-likeness (QED) is 0.850. The third kappa shape index (κ3) is 2.16. The second-order valence-electron chi connectivity index (χ2n) is 3.73. The zero-order chi connectivity index (χ0) is 9.97. The Morgan fingerprint density at radius 3 is 2.93 bits per heavy atom. The van der Waals surface area contributed by atoms with Crippen LogP contribution >= 0.6 is 15.9 Å². The van der Waals surface area contributed by atoms with Crippen molar-refractivity contribution in [3.05, 3.63) is 34.3 Å². The monoisotopic (exact) mass is 255 g/mol. The molecule has 0 aliphatic carbocycles. The van der Waals surface area contributed by atoms with Gasteiger partial charge >= 0.3 is 0 Å². The summed E-state index contributed by atoms with van der Waals surface area (Å²) in [4.78, 5) is 0. The average Bonchev–Trinajstić information content (AvgIpc) is 2.66.